The number of hydrogen-bond donors (Lipinski definition) is 2. The van der Waals surface area contributed by atoms with E-state index in [1.54, 1.807) is 0 Å². The van der Waals surface area contributed by atoms with Crippen LogP contribution >= 0.6 is 0 Å². The molecule has 0 aromatic heterocycles. The predicted molar refractivity (Wildman–Crippen MR) is 74.9 cm³/mol. The summed E-state index contributed by atoms with van der Waals surface area (Å²) in [7, 11) is 0. The van der Waals surface area contributed by atoms with Crippen molar-refractivity contribution in [3.8, 4) is 0 Å². The van der Waals surface area contributed by atoms with E-state index in [1.807, 2.05) is 0 Å². The van der Waals surface area contributed by atoms with Gasteiger partial charge in [-0.15, -0.1) is 0 Å². The van der Waals surface area contributed by atoms with Gasteiger partial charge in [0.1, 0.15) is 0 Å². The predicted octanol–water partition coefficient (Wildman–Crippen LogP) is 1.91. The maximum Gasteiger partial charge on any atom is 0.0698 e. The lowest BCUT2D eigenvalue weighted by Gasteiger charge is -2.14. The second-order valence-electron chi connectivity index (χ2n) is 4.72. The minimum atomic E-state index is 0.100. The minimum Gasteiger partial charge on any atom is -0.394 e. The zero-order valence-electron chi connectivity index (χ0n) is 11.5. The van der Waals surface area contributed by atoms with E-state index in [0.717, 1.165) is 19.4 Å². The molecular weight excluding hydrogens is 226 g/mol. The van der Waals surface area contributed by atoms with Crippen molar-refractivity contribution < 1.29 is 9.84 Å². The summed E-state index contributed by atoms with van der Waals surface area (Å²) in [5.74, 6) is 0. The van der Waals surface area contributed by atoms with Crippen LogP contribution in [0.3, 0.4) is 0 Å². The van der Waals surface area contributed by atoms with Gasteiger partial charge >= 0.3 is 0 Å². The van der Waals surface area contributed by atoms with Gasteiger partial charge in [0.2, 0.25) is 0 Å². The lowest BCUT2D eigenvalue weighted by Crippen LogP contribution is -2.30. The van der Waals surface area contributed by atoms with Gasteiger partial charge in [-0.25, -0.2) is 0 Å². The van der Waals surface area contributed by atoms with Crippen molar-refractivity contribution in [1.82, 2.24) is 5.32 Å². The van der Waals surface area contributed by atoms with Crippen LogP contribution in [0.1, 0.15) is 24.5 Å². The third-order valence-corrected chi connectivity index (χ3v) is 2.92. The molecule has 1 atom stereocenters. The molecule has 1 unspecified atom stereocenters. The molecular formula is C15H25NO2. The van der Waals surface area contributed by atoms with Crippen LogP contribution in [0.15, 0.2) is 24.3 Å². The molecule has 2 N–H and O–H groups in total. The maximum absolute atomic E-state index is 8.56. The first kappa shape index (κ1) is 15.2. The quantitative estimate of drug-likeness (QED) is 0.659. The van der Waals surface area contributed by atoms with Crippen molar-refractivity contribution in [2.24, 2.45) is 0 Å². The summed E-state index contributed by atoms with van der Waals surface area (Å²) in [6.07, 6.45) is 2.23. The van der Waals surface area contributed by atoms with Gasteiger partial charge in [0.25, 0.3) is 0 Å². The zero-order valence-corrected chi connectivity index (χ0v) is 11.5. The van der Waals surface area contributed by atoms with Crippen LogP contribution in [0.5, 0.6) is 0 Å². The number of hydrogen-bond acceptors (Lipinski definition) is 3. The Kier molecular flexibility index (Phi) is 7.65. The number of ether oxygens (including phenoxy) is 1. The first-order valence-corrected chi connectivity index (χ1v) is 6.70. The SMILES string of the molecule is Cc1cccc(CCC(C)NCCOCCO)c1. The number of aliphatic hydroxyl groups excluding tert-OH is 1. The van der Waals surface area contributed by atoms with Crippen molar-refractivity contribution in [3.63, 3.8) is 0 Å². The average molecular weight is 251 g/mol. The molecule has 0 aliphatic heterocycles. The summed E-state index contributed by atoms with van der Waals surface area (Å²) in [6.45, 7) is 6.36. The van der Waals surface area contributed by atoms with Gasteiger partial charge < -0.3 is 15.2 Å². The summed E-state index contributed by atoms with van der Waals surface area (Å²) < 4.78 is 5.20. The monoisotopic (exact) mass is 251 g/mol. The van der Waals surface area contributed by atoms with Gasteiger partial charge in [0.15, 0.2) is 0 Å². The van der Waals surface area contributed by atoms with Crippen LogP contribution in [-0.4, -0.2) is 37.5 Å². The summed E-state index contributed by atoms with van der Waals surface area (Å²) >= 11 is 0. The van der Waals surface area contributed by atoms with Crippen LogP contribution in [0.25, 0.3) is 0 Å². The molecule has 0 spiro atoms. The summed E-state index contributed by atoms with van der Waals surface area (Å²) in [6, 6.07) is 9.17. The molecule has 0 saturated carbocycles. The van der Waals surface area contributed by atoms with Gasteiger partial charge in [-0.05, 0) is 32.3 Å². The summed E-state index contributed by atoms with van der Waals surface area (Å²) in [5, 5.41) is 12.0. The minimum absolute atomic E-state index is 0.100. The highest BCUT2D eigenvalue weighted by atomic mass is 16.5. The molecule has 0 aliphatic carbocycles. The maximum atomic E-state index is 8.56. The third kappa shape index (κ3) is 6.74. The van der Waals surface area contributed by atoms with Gasteiger partial charge in [0, 0.05) is 12.6 Å². The van der Waals surface area contributed by atoms with E-state index in [2.05, 4.69) is 43.4 Å². The lowest BCUT2D eigenvalue weighted by atomic mass is 10.0. The lowest BCUT2D eigenvalue weighted by molar-refractivity contribution is 0.0927. The van der Waals surface area contributed by atoms with Crippen LogP contribution < -0.4 is 5.32 Å². The third-order valence-electron chi connectivity index (χ3n) is 2.92. The van der Waals surface area contributed by atoms with Gasteiger partial charge in [0.05, 0.1) is 19.8 Å². The molecule has 0 radical (unpaired) electrons. The molecule has 0 aliphatic rings. The Morgan fingerprint density at radius 2 is 2.17 bits per heavy atom. The molecule has 18 heavy (non-hydrogen) atoms. The molecule has 102 valence electrons. The standard InChI is InChI=1S/C15H25NO2/c1-13-4-3-5-15(12-13)7-6-14(2)16-8-10-18-11-9-17/h3-5,12,14,16-17H,6-11H2,1-2H3. The van der Waals surface area contributed by atoms with E-state index in [9.17, 15) is 0 Å². The Morgan fingerprint density at radius 1 is 1.33 bits per heavy atom. The fourth-order valence-electron chi connectivity index (χ4n) is 1.90. The van der Waals surface area contributed by atoms with E-state index < -0.39 is 0 Å². The van der Waals surface area contributed by atoms with Gasteiger partial charge in [-0.3, -0.25) is 0 Å². The first-order valence-electron chi connectivity index (χ1n) is 6.70. The number of rotatable bonds is 9. The van der Waals surface area contributed by atoms with E-state index in [0.29, 0.717) is 19.3 Å². The number of aryl methyl sites for hydroxylation is 2. The normalized spacial score (nSPS) is 12.6. The van der Waals surface area contributed by atoms with E-state index in [1.165, 1.54) is 11.1 Å². The van der Waals surface area contributed by atoms with E-state index in [4.69, 9.17) is 9.84 Å². The molecule has 0 amide bonds. The number of nitrogens with one attached hydrogen (secondary N) is 1. The number of aliphatic hydroxyl groups is 1. The Bertz CT molecular complexity index is 328. The average Bonchev–Trinajstić information content (AvgIpc) is 2.36. The second-order valence-corrected chi connectivity index (χ2v) is 4.72. The summed E-state index contributed by atoms with van der Waals surface area (Å²) in [4.78, 5) is 0. The van der Waals surface area contributed by atoms with Crippen LogP contribution in [0.2, 0.25) is 0 Å². The smallest absolute Gasteiger partial charge is 0.0698 e. The second kappa shape index (κ2) is 9.09. The van der Waals surface area contributed by atoms with Crippen LogP contribution in [0, 0.1) is 6.92 Å². The molecule has 3 heteroatoms. The van der Waals surface area contributed by atoms with E-state index in [-0.39, 0.29) is 6.61 Å². The largest absolute Gasteiger partial charge is 0.394 e. The van der Waals surface area contributed by atoms with Crippen LogP contribution in [0.4, 0.5) is 0 Å². The molecule has 1 aromatic rings. The van der Waals surface area contributed by atoms with Crippen molar-refractivity contribution in [2.75, 3.05) is 26.4 Å². The topological polar surface area (TPSA) is 41.5 Å². The Hall–Kier alpha value is -0.900. The van der Waals surface area contributed by atoms with Crippen molar-refractivity contribution in [3.05, 3.63) is 35.4 Å². The fourth-order valence-corrected chi connectivity index (χ4v) is 1.90. The highest BCUT2D eigenvalue weighted by Gasteiger charge is 2.02. The molecule has 1 aromatic carbocycles. The Labute approximate surface area is 110 Å². The van der Waals surface area contributed by atoms with Crippen molar-refractivity contribution in [1.29, 1.82) is 0 Å². The fraction of sp³-hybridized carbons (Fsp3) is 0.600. The molecule has 0 bridgehead atoms. The molecule has 0 heterocycles. The van der Waals surface area contributed by atoms with E-state index >= 15 is 0 Å². The highest BCUT2D eigenvalue weighted by Crippen LogP contribution is 2.07. The number of benzene rings is 1. The summed E-state index contributed by atoms with van der Waals surface area (Å²) in [5.41, 5.74) is 2.73. The molecule has 0 fully saturated rings. The zero-order chi connectivity index (χ0) is 13.2. The van der Waals surface area contributed by atoms with Crippen LogP contribution in [-0.2, 0) is 11.2 Å². The molecule has 0 saturated heterocycles. The highest BCUT2D eigenvalue weighted by molar-refractivity contribution is 5.22. The molecule has 1 rings (SSSR count). The Morgan fingerprint density at radius 3 is 2.89 bits per heavy atom. The van der Waals surface area contributed by atoms with Gasteiger partial charge in [-0.2, -0.15) is 0 Å². The first-order chi connectivity index (χ1) is 8.72. The van der Waals surface area contributed by atoms with Crippen molar-refractivity contribution in [2.45, 2.75) is 32.7 Å². The Balaban J connectivity index is 2.11. The van der Waals surface area contributed by atoms with Crippen molar-refractivity contribution >= 4 is 0 Å². The van der Waals surface area contributed by atoms with Gasteiger partial charge in [-0.1, -0.05) is 29.8 Å². The molecule has 3 nitrogen and oxygen atoms in total.